The molecule has 0 fully saturated rings. The van der Waals surface area contributed by atoms with Crippen molar-refractivity contribution in [3.63, 3.8) is 0 Å². The molecule has 0 saturated carbocycles. The number of nitrogens with one attached hydrogen (secondary N) is 1. The first-order valence-electron chi connectivity index (χ1n) is 4.69. The molecule has 0 bridgehead atoms. The summed E-state index contributed by atoms with van der Waals surface area (Å²) in [6, 6.07) is 3.31. The Bertz CT molecular complexity index is 326. The lowest BCUT2D eigenvalue weighted by atomic mass is 10.4. The highest BCUT2D eigenvalue weighted by molar-refractivity contribution is 5.84. The van der Waals surface area contributed by atoms with Gasteiger partial charge in [-0.3, -0.25) is 5.32 Å². The zero-order valence-electron chi connectivity index (χ0n) is 9.23. The van der Waals surface area contributed by atoms with Crippen LogP contribution < -0.4 is 10.1 Å². The molecule has 0 spiro atoms. The normalized spacial score (nSPS) is 9.62. The van der Waals surface area contributed by atoms with Gasteiger partial charge in [-0.05, 0) is 6.07 Å². The molecule has 6 nitrogen and oxygen atoms in total. The monoisotopic (exact) mass is 226 g/mol. The molecule has 16 heavy (non-hydrogen) atoms. The van der Waals surface area contributed by atoms with Crippen LogP contribution in [0.25, 0.3) is 0 Å². The van der Waals surface area contributed by atoms with Gasteiger partial charge in [-0.1, -0.05) is 0 Å². The summed E-state index contributed by atoms with van der Waals surface area (Å²) in [7, 11) is 3.06. The zero-order valence-corrected chi connectivity index (χ0v) is 9.23. The number of nitrogens with zero attached hydrogens (tertiary/aromatic N) is 1. The Balaban J connectivity index is 2.37. The Hall–Kier alpha value is -1.82. The number of anilines is 1. The molecule has 0 aliphatic heterocycles. The number of methoxy groups -OCH3 is 2. The molecule has 6 heteroatoms. The molecule has 0 saturated heterocycles. The van der Waals surface area contributed by atoms with Gasteiger partial charge >= 0.3 is 6.09 Å². The van der Waals surface area contributed by atoms with Crippen molar-refractivity contribution in [3.8, 4) is 5.88 Å². The third-order valence-corrected chi connectivity index (χ3v) is 1.71. The van der Waals surface area contributed by atoms with E-state index in [-0.39, 0.29) is 6.61 Å². The van der Waals surface area contributed by atoms with Crippen molar-refractivity contribution in [1.29, 1.82) is 0 Å². The number of hydrogen-bond acceptors (Lipinski definition) is 5. The standard InChI is InChI=1S/C10H14N2O4/c1-14-5-6-16-10(13)12-8-3-4-9(15-2)11-7-8/h3-4,7H,5-6H2,1-2H3,(H,12,13). The average Bonchev–Trinajstić information content (AvgIpc) is 2.30. The van der Waals surface area contributed by atoms with Crippen molar-refractivity contribution in [1.82, 2.24) is 4.98 Å². The van der Waals surface area contributed by atoms with Crippen molar-refractivity contribution in [2.24, 2.45) is 0 Å². The fourth-order valence-corrected chi connectivity index (χ4v) is 0.947. The molecule has 0 radical (unpaired) electrons. The van der Waals surface area contributed by atoms with Gasteiger partial charge in [0, 0.05) is 13.2 Å². The van der Waals surface area contributed by atoms with E-state index < -0.39 is 6.09 Å². The summed E-state index contributed by atoms with van der Waals surface area (Å²) in [5, 5.41) is 2.52. The van der Waals surface area contributed by atoms with Gasteiger partial charge in [0.2, 0.25) is 5.88 Å². The second-order valence-electron chi connectivity index (χ2n) is 2.84. The minimum absolute atomic E-state index is 0.214. The predicted molar refractivity (Wildman–Crippen MR) is 57.6 cm³/mol. The Labute approximate surface area is 93.5 Å². The summed E-state index contributed by atoms with van der Waals surface area (Å²) < 4.78 is 14.4. The molecule has 88 valence electrons. The molecule has 1 rings (SSSR count). The van der Waals surface area contributed by atoms with Crippen LogP contribution in [0.15, 0.2) is 18.3 Å². The van der Waals surface area contributed by atoms with Gasteiger partial charge in [0.15, 0.2) is 0 Å². The van der Waals surface area contributed by atoms with Crippen LogP contribution in [0.4, 0.5) is 10.5 Å². The van der Waals surface area contributed by atoms with Crippen LogP contribution in [0.3, 0.4) is 0 Å². The van der Waals surface area contributed by atoms with E-state index in [2.05, 4.69) is 10.3 Å². The lowest BCUT2D eigenvalue weighted by molar-refractivity contribution is 0.107. The molecule has 1 amide bonds. The van der Waals surface area contributed by atoms with Crippen LogP contribution in [0.2, 0.25) is 0 Å². The van der Waals surface area contributed by atoms with Crippen molar-refractivity contribution < 1.29 is 19.0 Å². The number of rotatable bonds is 5. The van der Waals surface area contributed by atoms with Crippen molar-refractivity contribution in [2.45, 2.75) is 0 Å². The highest BCUT2D eigenvalue weighted by atomic mass is 16.6. The van der Waals surface area contributed by atoms with E-state index in [1.165, 1.54) is 20.4 Å². The number of hydrogen-bond donors (Lipinski definition) is 1. The van der Waals surface area contributed by atoms with E-state index in [1.807, 2.05) is 0 Å². The van der Waals surface area contributed by atoms with Crippen LogP contribution in [-0.2, 0) is 9.47 Å². The van der Waals surface area contributed by atoms with Crippen molar-refractivity contribution in [3.05, 3.63) is 18.3 Å². The number of carbonyl (C=O) groups is 1. The minimum Gasteiger partial charge on any atom is -0.481 e. The molecule has 0 aliphatic carbocycles. The largest absolute Gasteiger partial charge is 0.481 e. The molecule has 0 atom stereocenters. The number of pyridine rings is 1. The maximum atomic E-state index is 11.2. The number of amides is 1. The quantitative estimate of drug-likeness (QED) is 0.766. The molecular formula is C10H14N2O4. The first kappa shape index (κ1) is 12.3. The molecular weight excluding hydrogens is 212 g/mol. The number of aromatic nitrogens is 1. The maximum absolute atomic E-state index is 11.2. The van der Waals surface area contributed by atoms with E-state index in [9.17, 15) is 4.79 Å². The van der Waals surface area contributed by atoms with E-state index in [0.717, 1.165) is 0 Å². The first-order valence-corrected chi connectivity index (χ1v) is 4.69. The first-order chi connectivity index (χ1) is 7.76. The number of carbonyl (C=O) groups excluding carboxylic acids is 1. The lowest BCUT2D eigenvalue weighted by Crippen LogP contribution is -2.16. The van der Waals surface area contributed by atoms with E-state index >= 15 is 0 Å². The summed E-state index contributed by atoms with van der Waals surface area (Å²) in [4.78, 5) is 15.1. The molecule has 1 N–H and O–H groups in total. The van der Waals surface area contributed by atoms with Gasteiger partial charge in [-0.15, -0.1) is 0 Å². The fourth-order valence-electron chi connectivity index (χ4n) is 0.947. The average molecular weight is 226 g/mol. The Kier molecular flexibility index (Phi) is 5.07. The summed E-state index contributed by atoms with van der Waals surface area (Å²) in [6.07, 6.45) is 0.945. The topological polar surface area (TPSA) is 69.7 Å². The van der Waals surface area contributed by atoms with Gasteiger partial charge in [0.1, 0.15) is 6.61 Å². The van der Waals surface area contributed by atoms with Crippen molar-refractivity contribution in [2.75, 3.05) is 32.8 Å². The summed E-state index contributed by atoms with van der Waals surface area (Å²) in [5.41, 5.74) is 0.545. The molecule has 1 aromatic heterocycles. The molecule has 0 unspecified atom stereocenters. The summed E-state index contributed by atoms with van der Waals surface area (Å²) in [5.74, 6) is 0.485. The Morgan fingerprint density at radius 1 is 1.38 bits per heavy atom. The smallest absolute Gasteiger partial charge is 0.411 e. The van der Waals surface area contributed by atoms with E-state index in [1.54, 1.807) is 12.1 Å². The second kappa shape index (κ2) is 6.62. The number of ether oxygens (including phenoxy) is 3. The zero-order chi connectivity index (χ0) is 11.8. The van der Waals surface area contributed by atoms with E-state index in [4.69, 9.17) is 14.2 Å². The van der Waals surface area contributed by atoms with E-state index in [0.29, 0.717) is 18.2 Å². The third kappa shape index (κ3) is 4.14. The van der Waals surface area contributed by atoms with Gasteiger partial charge in [-0.25, -0.2) is 9.78 Å². The van der Waals surface area contributed by atoms with Crippen molar-refractivity contribution >= 4 is 11.8 Å². The van der Waals surface area contributed by atoms with Gasteiger partial charge in [-0.2, -0.15) is 0 Å². The van der Waals surface area contributed by atoms with Crippen LogP contribution >= 0.6 is 0 Å². The Morgan fingerprint density at radius 3 is 2.75 bits per heavy atom. The minimum atomic E-state index is -0.538. The molecule has 1 heterocycles. The van der Waals surface area contributed by atoms with Crippen LogP contribution in [-0.4, -0.2) is 38.5 Å². The van der Waals surface area contributed by atoms with Crippen LogP contribution in [0.5, 0.6) is 5.88 Å². The highest BCUT2D eigenvalue weighted by Gasteiger charge is 2.03. The SMILES string of the molecule is COCCOC(=O)Nc1ccc(OC)nc1. The summed E-state index contributed by atoms with van der Waals surface area (Å²) >= 11 is 0. The van der Waals surface area contributed by atoms with Gasteiger partial charge in [0.05, 0.1) is 25.6 Å². The van der Waals surface area contributed by atoms with Gasteiger partial charge in [0.25, 0.3) is 0 Å². The lowest BCUT2D eigenvalue weighted by Gasteiger charge is -2.06. The Morgan fingerprint density at radius 2 is 2.19 bits per heavy atom. The fraction of sp³-hybridized carbons (Fsp3) is 0.400. The highest BCUT2D eigenvalue weighted by Crippen LogP contribution is 2.10. The molecule has 0 aromatic carbocycles. The third-order valence-electron chi connectivity index (χ3n) is 1.71. The summed E-state index contributed by atoms with van der Waals surface area (Å²) in [6.45, 7) is 0.584. The van der Waals surface area contributed by atoms with Gasteiger partial charge < -0.3 is 14.2 Å². The van der Waals surface area contributed by atoms with Crippen LogP contribution in [0, 0.1) is 0 Å². The second-order valence-corrected chi connectivity index (χ2v) is 2.84. The molecule has 1 aromatic rings. The molecule has 0 aliphatic rings. The maximum Gasteiger partial charge on any atom is 0.411 e. The van der Waals surface area contributed by atoms with Crippen LogP contribution in [0.1, 0.15) is 0 Å². The predicted octanol–water partition coefficient (Wildman–Crippen LogP) is 1.29.